The van der Waals surface area contributed by atoms with Crippen LogP contribution >= 0.6 is 7.82 Å². The molecular weight excluding hydrogens is 663 g/mol. The average molecular weight is 730 g/mol. The number of benzene rings is 1. The number of likely N-dealkylation sites (N-methyl/N-ethyl adjacent to an activating group) is 1. The summed E-state index contributed by atoms with van der Waals surface area (Å²) in [6, 6.07) is 9.16. The van der Waals surface area contributed by atoms with E-state index in [0.29, 0.717) is 17.4 Å². The van der Waals surface area contributed by atoms with Crippen LogP contribution in [0.3, 0.4) is 0 Å². The fourth-order valence-corrected chi connectivity index (χ4v) is 5.69. The first-order chi connectivity index (χ1) is 23.9. The Kier molecular flexibility index (Phi) is 25.6. The second-order valence-corrected chi connectivity index (χ2v) is 15.3. The number of hydrogen-bond acceptors (Lipinski definition) is 9. The molecule has 0 fully saturated rings. The number of esters is 2. The number of rotatable bonds is 31. The molecule has 2 atom stereocenters. The number of nitrogens with zero attached hydrogens (tertiary/aromatic N) is 1. The number of quaternary nitrogens is 1. The molecule has 2 N–H and O–H groups in total. The van der Waals surface area contributed by atoms with Gasteiger partial charge in [-0.15, -0.1) is 0 Å². The number of carbonyl (C=O) groups is 3. The van der Waals surface area contributed by atoms with Gasteiger partial charge in [0, 0.05) is 13.0 Å². The minimum atomic E-state index is -4.45. The Morgan fingerprint density at radius 3 is 1.86 bits per heavy atom. The zero-order chi connectivity index (χ0) is 36.9. The van der Waals surface area contributed by atoms with Gasteiger partial charge in [0.05, 0.1) is 34.2 Å². The number of ether oxygens (including phenoxy) is 3. The van der Waals surface area contributed by atoms with Gasteiger partial charge in [0.2, 0.25) is 0 Å². The van der Waals surface area contributed by atoms with Crippen LogP contribution in [0.25, 0.3) is 0 Å². The highest BCUT2D eigenvalue weighted by Crippen LogP contribution is 2.43. The summed E-state index contributed by atoms with van der Waals surface area (Å²) in [5.41, 5.74) is 0.821. The van der Waals surface area contributed by atoms with Crippen molar-refractivity contribution in [2.45, 2.75) is 129 Å². The molecule has 0 aromatic heterocycles. The van der Waals surface area contributed by atoms with Gasteiger partial charge in [-0.2, -0.15) is 0 Å². The zero-order valence-corrected chi connectivity index (χ0v) is 32.1. The van der Waals surface area contributed by atoms with Gasteiger partial charge < -0.3 is 28.9 Å². The van der Waals surface area contributed by atoms with Crippen LogP contribution in [0.4, 0.5) is 4.79 Å². The Bertz CT molecular complexity index is 1080. The maximum absolute atomic E-state index is 12.5. The lowest BCUT2D eigenvalue weighted by Gasteiger charge is -2.24. The number of phosphoric acid groups is 1. The monoisotopic (exact) mass is 729 g/mol. The molecule has 0 saturated heterocycles. The number of phosphoric ester groups is 1. The van der Waals surface area contributed by atoms with Crippen LogP contribution in [-0.2, 0) is 44.0 Å². The van der Waals surface area contributed by atoms with Gasteiger partial charge in [0.25, 0.3) is 0 Å². The van der Waals surface area contributed by atoms with Crippen LogP contribution in [0.2, 0.25) is 0 Å². The SMILES string of the molecule is CCCCCCCCCCCCCCCCCC(=O)OC[C@H](COP(=O)(O)OCC[N+](C)(C)C)OC(=O)CCNC(=O)OCc1ccccc1. The normalized spacial score (nSPS) is 13.3. The predicted molar refractivity (Wildman–Crippen MR) is 194 cm³/mol. The Labute approximate surface area is 301 Å². The quantitative estimate of drug-likeness (QED) is 0.0255. The van der Waals surface area contributed by atoms with E-state index in [1.54, 1.807) is 0 Å². The van der Waals surface area contributed by atoms with Crippen molar-refractivity contribution in [3.8, 4) is 0 Å². The molecule has 0 aliphatic carbocycles. The number of carbonyl (C=O) groups excluding carboxylic acids is 3. The van der Waals surface area contributed by atoms with Crippen molar-refractivity contribution in [1.82, 2.24) is 5.32 Å². The second kappa shape index (κ2) is 28.1. The number of alkyl carbamates (subject to hydrolysis) is 1. The fourth-order valence-electron chi connectivity index (χ4n) is 4.95. The summed E-state index contributed by atoms with van der Waals surface area (Å²) in [5, 5.41) is 2.48. The lowest BCUT2D eigenvalue weighted by Crippen LogP contribution is -2.37. The van der Waals surface area contributed by atoms with Crippen LogP contribution in [0, 0.1) is 0 Å². The molecule has 0 bridgehead atoms. The summed E-state index contributed by atoms with van der Waals surface area (Å²) in [4.78, 5) is 47.0. The highest BCUT2D eigenvalue weighted by molar-refractivity contribution is 7.47. The molecule has 0 spiro atoms. The fraction of sp³-hybridized carbons (Fsp3) is 0.757. The Morgan fingerprint density at radius 2 is 1.30 bits per heavy atom. The molecule has 1 rings (SSSR count). The number of hydrogen-bond donors (Lipinski definition) is 2. The Balaban J connectivity index is 2.35. The van der Waals surface area contributed by atoms with E-state index in [1.165, 1.54) is 70.6 Å². The molecule has 1 amide bonds. The first-order valence-corrected chi connectivity index (χ1v) is 20.1. The van der Waals surface area contributed by atoms with E-state index in [9.17, 15) is 23.8 Å². The van der Waals surface area contributed by atoms with E-state index >= 15 is 0 Å². The van der Waals surface area contributed by atoms with Crippen LogP contribution in [0.15, 0.2) is 30.3 Å². The van der Waals surface area contributed by atoms with Crippen LogP contribution in [0.1, 0.15) is 122 Å². The molecule has 0 heterocycles. The largest absolute Gasteiger partial charge is 0.472 e. The summed E-state index contributed by atoms with van der Waals surface area (Å²) in [5.74, 6) is -1.17. The molecular formula is C37H66N2O10P+. The summed E-state index contributed by atoms with van der Waals surface area (Å²) in [6.07, 6.45) is 16.6. The van der Waals surface area contributed by atoms with E-state index in [0.717, 1.165) is 24.8 Å². The summed E-state index contributed by atoms with van der Waals surface area (Å²) in [7, 11) is 1.28. The molecule has 0 radical (unpaired) electrons. The Morgan fingerprint density at radius 1 is 0.740 bits per heavy atom. The predicted octanol–water partition coefficient (Wildman–Crippen LogP) is 7.86. The second-order valence-electron chi connectivity index (χ2n) is 13.8. The molecule has 288 valence electrons. The smallest absolute Gasteiger partial charge is 0.462 e. The van der Waals surface area contributed by atoms with Crippen molar-refractivity contribution >= 4 is 25.9 Å². The van der Waals surface area contributed by atoms with Crippen molar-refractivity contribution < 1.29 is 51.6 Å². The Hall–Kier alpha value is -2.50. The van der Waals surface area contributed by atoms with Gasteiger partial charge in [-0.1, -0.05) is 127 Å². The molecule has 1 unspecified atom stereocenters. The van der Waals surface area contributed by atoms with Crippen LogP contribution in [-0.4, -0.2) is 87.6 Å². The summed E-state index contributed by atoms with van der Waals surface area (Å²) >= 11 is 0. The van der Waals surface area contributed by atoms with Crippen molar-refractivity contribution in [3.05, 3.63) is 35.9 Å². The van der Waals surface area contributed by atoms with Crippen molar-refractivity contribution in [1.29, 1.82) is 0 Å². The first-order valence-electron chi connectivity index (χ1n) is 18.6. The number of nitrogens with one attached hydrogen (secondary N) is 1. The van der Waals surface area contributed by atoms with E-state index in [4.69, 9.17) is 23.3 Å². The van der Waals surface area contributed by atoms with Gasteiger partial charge in [0.1, 0.15) is 26.4 Å². The molecule has 0 aliphatic heterocycles. The third-order valence-corrected chi connectivity index (χ3v) is 8.95. The van der Waals surface area contributed by atoms with Gasteiger partial charge in [-0.3, -0.25) is 18.6 Å². The van der Waals surface area contributed by atoms with Crippen molar-refractivity contribution in [2.24, 2.45) is 0 Å². The summed E-state index contributed by atoms with van der Waals surface area (Å²) in [6.45, 7) is 1.83. The van der Waals surface area contributed by atoms with Gasteiger partial charge >= 0.3 is 25.9 Å². The maximum atomic E-state index is 12.5. The number of unbranched alkanes of at least 4 members (excludes halogenated alkanes) is 14. The highest BCUT2D eigenvalue weighted by atomic mass is 31.2. The molecule has 13 heteroatoms. The topological polar surface area (TPSA) is 147 Å². The summed E-state index contributed by atoms with van der Waals surface area (Å²) < 4.78 is 38.9. The molecule has 0 saturated carbocycles. The lowest BCUT2D eigenvalue weighted by molar-refractivity contribution is -0.870. The first kappa shape index (κ1) is 45.5. The zero-order valence-electron chi connectivity index (χ0n) is 31.2. The van der Waals surface area contributed by atoms with Crippen LogP contribution in [0.5, 0.6) is 0 Å². The average Bonchev–Trinajstić information content (AvgIpc) is 3.06. The highest BCUT2D eigenvalue weighted by Gasteiger charge is 2.27. The number of amides is 1. The van der Waals surface area contributed by atoms with Crippen molar-refractivity contribution in [2.75, 3.05) is 54.1 Å². The third-order valence-electron chi connectivity index (χ3n) is 7.96. The molecule has 1 aromatic carbocycles. The molecule has 1 aromatic rings. The third kappa shape index (κ3) is 28.2. The molecule has 12 nitrogen and oxygen atoms in total. The molecule has 0 aliphatic rings. The lowest BCUT2D eigenvalue weighted by atomic mass is 10.0. The standard InChI is InChI=1S/C37H65N2O10P/c1-5-6-7-8-9-10-11-12-13-14-15-16-17-18-22-25-35(40)45-31-34(32-48-50(43,44)47-29-28-39(2,3)4)49-36(41)26-27-38-37(42)46-30-33-23-20-19-21-24-33/h19-21,23-24,34H,5-18,22,25-32H2,1-4H3,(H-,38,42,43,44)/p+1/t34-/m1/s1. The van der Waals surface area contributed by atoms with E-state index in [-0.39, 0.29) is 39.2 Å². The minimum Gasteiger partial charge on any atom is -0.462 e. The van der Waals surface area contributed by atoms with Crippen molar-refractivity contribution in [3.63, 3.8) is 0 Å². The minimum absolute atomic E-state index is 0.0258. The van der Waals surface area contributed by atoms with Gasteiger partial charge in [0.15, 0.2) is 6.10 Å². The maximum Gasteiger partial charge on any atom is 0.472 e. The van der Waals surface area contributed by atoms with Gasteiger partial charge in [-0.05, 0) is 12.0 Å². The van der Waals surface area contributed by atoms with Crippen LogP contribution < -0.4 is 5.32 Å². The van der Waals surface area contributed by atoms with E-state index in [2.05, 4.69) is 12.2 Å². The molecule has 50 heavy (non-hydrogen) atoms. The van der Waals surface area contributed by atoms with E-state index in [1.807, 2.05) is 51.5 Å². The van der Waals surface area contributed by atoms with Gasteiger partial charge in [-0.25, -0.2) is 9.36 Å². The van der Waals surface area contributed by atoms with E-state index < -0.39 is 38.6 Å².